The van der Waals surface area contributed by atoms with E-state index in [4.69, 9.17) is 0 Å². The van der Waals surface area contributed by atoms with Crippen molar-refractivity contribution in [3.05, 3.63) is 0 Å². The second kappa shape index (κ2) is 9.65. The molecule has 0 radical (unpaired) electrons. The van der Waals surface area contributed by atoms with Crippen molar-refractivity contribution in [3.63, 3.8) is 0 Å². The first-order valence-electron chi connectivity index (χ1n) is 8.55. The Morgan fingerprint density at radius 2 is 0.955 bits per heavy atom. The molecular formula is C16H32Cl2N2O2. The van der Waals surface area contributed by atoms with Gasteiger partial charge in [-0.2, -0.15) is 0 Å². The molecule has 22 heavy (non-hydrogen) atoms. The van der Waals surface area contributed by atoms with Crippen molar-refractivity contribution in [3.8, 4) is 0 Å². The molecule has 4 nitrogen and oxygen atoms in total. The van der Waals surface area contributed by atoms with E-state index in [-0.39, 0.29) is 37.0 Å². The monoisotopic (exact) mass is 354 g/mol. The lowest BCUT2D eigenvalue weighted by atomic mass is 9.98. The van der Waals surface area contributed by atoms with Gasteiger partial charge in [-0.1, -0.05) is 0 Å². The van der Waals surface area contributed by atoms with Crippen molar-refractivity contribution < 1.29 is 10.2 Å². The van der Waals surface area contributed by atoms with E-state index < -0.39 is 0 Å². The topological polar surface area (TPSA) is 64.5 Å². The smallest absolute Gasteiger partial charge is 0.0567 e. The molecule has 2 saturated heterocycles. The third-order valence-corrected chi connectivity index (χ3v) is 5.20. The molecule has 4 aliphatic rings. The molecule has 4 rings (SSSR count). The minimum atomic E-state index is -0.0214. The number of hydrogen-bond acceptors (Lipinski definition) is 4. The fourth-order valence-corrected chi connectivity index (χ4v) is 3.57. The average Bonchev–Trinajstić information content (AvgIpc) is 3.31. The lowest BCUT2D eigenvalue weighted by Crippen LogP contribution is -2.41. The van der Waals surface area contributed by atoms with Crippen LogP contribution in [0.4, 0.5) is 0 Å². The Bertz CT molecular complexity index is 285. The highest BCUT2D eigenvalue weighted by Gasteiger charge is 2.34. The number of nitrogens with one attached hydrogen (secondary N) is 2. The fourth-order valence-electron chi connectivity index (χ4n) is 3.57. The van der Waals surface area contributed by atoms with Gasteiger partial charge >= 0.3 is 0 Å². The van der Waals surface area contributed by atoms with E-state index in [1.54, 1.807) is 0 Å². The van der Waals surface area contributed by atoms with Crippen LogP contribution in [0.25, 0.3) is 0 Å². The van der Waals surface area contributed by atoms with Crippen LogP contribution in [-0.2, 0) is 0 Å². The van der Waals surface area contributed by atoms with Crippen LogP contribution in [0.5, 0.6) is 0 Å². The Balaban J connectivity index is 0.000000202. The fraction of sp³-hybridized carbons (Fsp3) is 1.00. The van der Waals surface area contributed by atoms with Gasteiger partial charge in [0.25, 0.3) is 0 Å². The van der Waals surface area contributed by atoms with Crippen LogP contribution in [0.3, 0.4) is 0 Å². The van der Waals surface area contributed by atoms with E-state index in [9.17, 15) is 10.2 Å². The first-order valence-corrected chi connectivity index (χ1v) is 8.55. The van der Waals surface area contributed by atoms with Gasteiger partial charge in [0.15, 0.2) is 0 Å². The highest BCUT2D eigenvalue weighted by molar-refractivity contribution is 5.85. The SMILES string of the molecule is Cl.Cl.O[C@@H]1CCN[C@H](C2CC2)C1.O[C@H]1CCN[C@@H](C2CC2)C1. The molecule has 2 aliphatic heterocycles. The summed E-state index contributed by atoms with van der Waals surface area (Å²) >= 11 is 0. The molecule has 0 spiro atoms. The summed E-state index contributed by atoms with van der Waals surface area (Å²) in [5.41, 5.74) is 0. The Morgan fingerprint density at radius 1 is 0.591 bits per heavy atom. The van der Waals surface area contributed by atoms with Crippen molar-refractivity contribution in [2.45, 2.75) is 75.7 Å². The number of aliphatic hydroxyl groups excluding tert-OH is 2. The Hall–Kier alpha value is 0.420. The molecule has 4 fully saturated rings. The quantitative estimate of drug-likeness (QED) is 0.611. The molecule has 132 valence electrons. The highest BCUT2D eigenvalue weighted by atomic mass is 35.5. The average molecular weight is 355 g/mol. The van der Waals surface area contributed by atoms with Crippen molar-refractivity contribution in [1.29, 1.82) is 0 Å². The molecule has 2 aliphatic carbocycles. The van der Waals surface area contributed by atoms with Gasteiger partial charge < -0.3 is 20.8 Å². The van der Waals surface area contributed by atoms with Crippen LogP contribution < -0.4 is 10.6 Å². The highest BCUT2D eigenvalue weighted by Crippen LogP contribution is 2.36. The number of aliphatic hydroxyl groups is 2. The molecule has 0 bridgehead atoms. The summed E-state index contributed by atoms with van der Waals surface area (Å²) in [5.74, 6) is 1.80. The number of rotatable bonds is 2. The summed E-state index contributed by atoms with van der Waals surface area (Å²) in [7, 11) is 0. The maximum Gasteiger partial charge on any atom is 0.0567 e. The van der Waals surface area contributed by atoms with Crippen LogP contribution in [0, 0.1) is 11.8 Å². The van der Waals surface area contributed by atoms with Crippen molar-refractivity contribution in [1.82, 2.24) is 10.6 Å². The maximum atomic E-state index is 9.32. The summed E-state index contributed by atoms with van der Waals surface area (Å²) in [4.78, 5) is 0. The van der Waals surface area contributed by atoms with Crippen molar-refractivity contribution in [2.75, 3.05) is 13.1 Å². The number of hydrogen-bond donors (Lipinski definition) is 4. The molecular weight excluding hydrogens is 323 g/mol. The Morgan fingerprint density at radius 3 is 1.23 bits per heavy atom. The zero-order chi connectivity index (χ0) is 13.9. The van der Waals surface area contributed by atoms with Gasteiger partial charge in [0.1, 0.15) is 0 Å². The van der Waals surface area contributed by atoms with Crippen molar-refractivity contribution in [2.24, 2.45) is 11.8 Å². The van der Waals surface area contributed by atoms with Crippen LogP contribution >= 0.6 is 24.8 Å². The van der Waals surface area contributed by atoms with E-state index in [1.165, 1.54) is 25.7 Å². The lowest BCUT2D eigenvalue weighted by molar-refractivity contribution is 0.111. The van der Waals surface area contributed by atoms with Gasteiger partial charge in [0, 0.05) is 12.1 Å². The third-order valence-electron chi connectivity index (χ3n) is 5.20. The zero-order valence-corrected chi connectivity index (χ0v) is 14.9. The predicted molar refractivity (Wildman–Crippen MR) is 94.0 cm³/mol. The van der Waals surface area contributed by atoms with Crippen molar-refractivity contribution >= 4 is 24.8 Å². The van der Waals surface area contributed by atoms with E-state index in [1.807, 2.05) is 0 Å². The van der Waals surface area contributed by atoms with Crippen LogP contribution in [0.1, 0.15) is 51.4 Å². The molecule has 4 atom stereocenters. The number of piperidine rings is 2. The molecule has 4 N–H and O–H groups in total. The maximum absolute atomic E-state index is 9.32. The van der Waals surface area contributed by atoms with Gasteiger partial charge in [0.2, 0.25) is 0 Å². The lowest BCUT2D eigenvalue weighted by Gasteiger charge is -2.27. The van der Waals surface area contributed by atoms with E-state index >= 15 is 0 Å². The molecule has 2 saturated carbocycles. The van der Waals surface area contributed by atoms with Gasteiger partial charge in [0.05, 0.1) is 12.2 Å². The third kappa shape index (κ3) is 6.50. The zero-order valence-electron chi connectivity index (χ0n) is 13.2. The Labute approximate surface area is 146 Å². The molecule has 0 aromatic carbocycles. The van der Waals surface area contributed by atoms with Gasteiger partial charge in [-0.25, -0.2) is 0 Å². The van der Waals surface area contributed by atoms with Crippen LogP contribution in [0.15, 0.2) is 0 Å². The van der Waals surface area contributed by atoms with Gasteiger partial charge in [-0.3, -0.25) is 0 Å². The molecule has 0 unspecified atom stereocenters. The van der Waals surface area contributed by atoms with E-state index in [2.05, 4.69) is 10.6 Å². The normalized spacial score (nSPS) is 37.9. The van der Waals surface area contributed by atoms with Gasteiger partial charge in [-0.05, 0) is 76.3 Å². The molecule has 2 heterocycles. The largest absolute Gasteiger partial charge is 0.393 e. The van der Waals surface area contributed by atoms with Gasteiger partial charge in [-0.15, -0.1) is 24.8 Å². The standard InChI is InChI=1S/2C8H15NO.2ClH/c2*10-7-3-4-9-8(5-7)6-1-2-6;;/h2*6-10H,1-5H2;2*1H/t2*7-,8+;;/m10../s1. The summed E-state index contributed by atoms with van der Waals surface area (Å²) in [5, 5.41) is 25.5. The predicted octanol–water partition coefficient (Wildman–Crippen LogP) is 1.86. The first kappa shape index (κ1) is 20.5. The summed E-state index contributed by atoms with van der Waals surface area (Å²) in [6.07, 6.45) is 9.35. The summed E-state index contributed by atoms with van der Waals surface area (Å²) < 4.78 is 0. The molecule has 6 heteroatoms. The summed E-state index contributed by atoms with van der Waals surface area (Å²) in [6, 6.07) is 1.28. The molecule has 0 aromatic heterocycles. The second-order valence-corrected chi connectivity index (χ2v) is 7.15. The first-order chi connectivity index (χ1) is 9.72. The minimum Gasteiger partial charge on any atom is -0.393 e. The number of halogens is 2. The molecule has 0 amide bonds. The van der Waals surface area contributed by atoms with E-state index in [0.29, 0.717) is 12.1 Å². The molecule has 0 aromatic rings. The summed E-state index contributed by atoms with van der Waals surface area (Å²) in [6.45, 7) is 2.03. The van der Waals surface area contributed by atoms with E-state index in [0.717, 1.165) is 50.6 Å². The van der Waals surface area contributed by atoms with Crippen LogP contribution in [-0.4, -0.2) is 47.6 Å². The van der Waals surface area contributed by atoms with Crippen LogP contribution in [0.2, 0.25) is 0 Å². The minimum absolute atomic E-state index is 0. The second-order valence-electron chi connectivity index (χ2n) is 7.15. The Kier molecular flexibility index (Phi) is 8.98.